The van der Waals surface area contributed by atoms with Crippen LogP contribution in [0.3, 0.4) is 0 Å². The highest BCUT2D eigenvalue weighted by Crippen LogP contribution is 2.34. The van der Waals surface area contributed by atoms with Gasteiger partial charge in [0, 0.05) is 26.7 Å². The minimum absolute atomic E-state index is 0.136. The van der Waals surface area contributed by atoms with Gasteiger partial charge in [-0.05, 0) is 37.0 Å². The third-order valence-corrected chi connectivity index (χ3v) is 4.69. The van der Waals surface area contributed by atoms with E-state index in [9.17, 15) is 9.59 Å². The second-order valence-corrected chi connectivity index (χ2v) is 6.39. The maximum Gasteiger partial charge on any atom is 0.337 e. The van der Waals surface area contributed by atoms with Crippen molar-refractivity contribution in [3.8, 4) is 5.75 Å². The largest absolute Gasteiger partial charge is 0.479 e. The van der Waals surface area contributed by atoms with Crippen LogP contribution < -0.4 is 9.64 Å². The lowest BCUT2D eigenvalue weighted by atomic mass is 9.92. The predicted molar refractivity (Wildman–Crippen MR) is 88.6 cm³/mol. The van der Waals surface area contributed by atoms with Gasteiger partial charge in [-0.25, -0.2) is 4.79 Å². The number of hydrogen-bond acceptors (Lipinski definition) is 6. The van der Waals surface area contributed by atoms with E-state index < -0.39 is 6.10 Å². The van der Waals surface area contributed by atoms with Crippen molar-refractivity contribution < 1.29 is 23.8 Å². The van der Waals surface area contributed by atoms with Crippen molar-refractivity contribution in [3.63, 3.8) is 0 Å². The van der Waals surface area contributed by atoms with Crippen molar-refractivity contribution in [3.05, 3.63) is 23.8 Å². The number of fused-ring (bicyclic) bond motifs is 1. The Hall–Kier alpha value is -2.08. The Labute approximate surface area is 141 Å². The van der Waals surface area contributed by atoms with Crippen molar-refractivity contribution in [2.45, 2.75) is 25.4 Å². The van der Waals surface area contributed by atoms with E-state index in [1.165, 1.54) is 7.11 Å². The van der Waals surface area contributed by atoms with E-state index in [0.717, 1.165) is 31.7 Å². The topological polar surface area (TPSA) is 65.1 Å². The van der Waals surface area contributed by atoms with Crippen molar-refractivity contribution in [2.75, 3.05) is 38.8 Å². The molecule has 0 N–H and O–H groups in total. The first-order chi connectivity index (χ1) is 11.6. The van der Waals surface area contributed by atoms with Crippen molar-refractivity contribution in [2.24, 2.45) is 5.92 Å². The molecular weight excluding hydrogens is 310 g/mol. The van der Waals surface area contributed by atoms with Gasteiger partial charge in [0.05, 0.1) is 24.9 Å². The first-order valence-electron chi connectivity index (χ1n) is 8.29. The maximum atomic E-state index is 12.6. The number of Topliss-reactive ketones (excluding diaryl/α,β-unsaturated/α-hetero) is 1. The Bertz CT molecular complexity index is 624. The molecule has 3 rings (SSSR count). The average Bonchev–Trinajstić information content (AvgIpc) is 2.61. The normalized spacial score (nSPS) is 20.9. The highest BCUT2D eigenvalue weighted by atomic mass is 16.5. The molecule has 0 spiro atoms. The zero-order valence-electron chi connectivity index (χ0n) is 14.1. The molecule has 130 valence electrons. The molecule has 1 atom stereocenters. The fourth-order valence-electron chi connectivity index (χ4n) is 3.23. The van der Waals surface area contributed by atoms with Gasteiger partial charge in [0.2, 0.25) is 0 Å². The number of anilines is 1. The van der Waals surface area contributed by atoms with Crippen LogP contribution in [0.25, 0.3) is 0 Å². The molecule has 6 heteroatoms. The van der Waals surface area contributed by atoms with E-state index in [4.69, 9.17) is 14.2 Å². The number of rotatable bonds is 4. The zero-order valence-corrected chi connectivity index (χ0v) is 14.1. The summed E-state index contributed by atoms with van der Waals surface area (Å²) < 4.78 is 16.0. The Morgan fingerprint density at radius 1 is 1.29 bits per heavy atom. The third-order valence-electron chi connectivity index (χ3n) is 4.69. The van der Waals surface area contributed by atoms with Crippen LogP contribution in [0.2, 0.25) is 0 Å². The molecule has 1 unspecified atom stereocenters. The quantitative estimate of drug-likeness (QED) is 0.786. The summed E-state index contributed by atoms with van der Waals surface area (Å²) in [5.74, 6) is 0.769. The molecule has 1 aromatic carbocycles. The number of likely N-dealkylation sites (N-methyl/N-ethyl adjacent to an activating group) is 1. The smallest absolute Gasteiger partial charge is 0.337 e. The van der Waals surface area contributed by atoms with Gasteiger partial charge >= 0.3 is 5.97 Å². The molecule has 0 saturated carbocycles. The molecule has 0 radical (unpaired) electrons. The summed E-state index contributed by atoms with van der Waals surface area (Å²) in [5, 5.41) is 0. The summed E-state index contributed by atoms with van der Waals surface area (Å²) in [6.45, 7) is 1.96. The summed E-state index contributed by atoms with van der Waals surface area (Å²) in [5.41, 5.74) is 1.27. The lowest BCUT2D eigenvalue weighted by Gasteiger charge is -2.34. The van der Waals surface area contributed by atoms with Crippen molar-refractivity contribution >= 4 is 17.4 Å². The highest BCUT2D eigenvalue weighted by Gasteiger charge is 2.31. The number of nitrogens with zero attached hydrogens (tertiary/aromatic N) is 1. The van der Waals surface area contributed by atoms with Crippen LogP contribution in [0, 0.1) is 5.92 Å². The molecule has 0 bridgehead atoms. The molecule has 0 amide bonds. The van der Waals surface area contributed by atoms with Crippen LogP contribution in [0.1, 0.15) is 29.6 Å². The Morgan fingerprint density at radius 3 is 2.75 bits per heavy atom. The van der Waals surface area contributed by atoms with E-state index in [1.807, 2.05) is 11.9 Å². The van der Waals surface area contributed by atoms with Crippen molar-refractivity contribution in [1.29, 1.82) is 0 Å². The zero-order chi connectivity index (χ0) is 17.1. The fourth-order valence-corrected chi connectivity index (χ4v) is 3.23. The summed E-state index contributed by atoms with van der Waals surface area (Å²) in [6, 6.07) is 5.12. The number of hydrogen-bond donors (Lipinski definition) is 0. The standard InChI is InChI=1S/C18H23NO5/c1-19-11-17(15(20)9-12-5-7-23-8-6-12)24-16-4-3-13(10-14(16)19)18(21)22-2/h3-4,10,12,17H,5-9,11H2,1-2H3. The maximum absolute atomic E-state index is 12.6. The number of ketones is 1. The summed E-state index contributed by atoms with van der Waals surface area (Å²) in [6.07, 6.45) is 1.95. The SMILES string of the molecule is COC(=O)c1ccc2c(c1)N(C)CC(C(=O)CC1CCOCC1)O2. The van der Waals surface area contributed by atoms with Crippen molar-refractivity contribution in [1.82, 2.24) is 0 Å². The average molecular weight is 333 g/mol. The third kappa shape index (κ3) is 3.53. The van der Waals surface area contributed by atoms with Crippen LogP contribution in [0.5, 0.6) is 5.75 Å². The molecule has 1 saturated heterocycles. The number of methoxy groups -OCH3 is 1. The first kappa shape index (κ1) is 16.8. The number of carbonyl (C=O) groups excluding carboxylic acids is 2. The fraction of sp³-hybridized carbons (Fsp3) is 0.556. The van der Waals surface area contributed by atoms with E-state index in [2.05, 4.69) is 0 Å². The number of benzene rings is 1. The molecular formula is C18H23NO5. The molecule has 0 aromatic heterocycles. The number of carbonyl (C=O) groups is 2. The molecule has 1 aromatic rings. The van der Waals surface area contributed by atoms with Crippen LogP contribution in [-0.2, 0) is 14.3 Å². The van der Waals surface area contributed by atoms with Gasteiger partial charge in [-0.3, -0.25) is 4.79 Å². The van der Waals surface area contributed by atoms with E-state index in [0.29, 0.717) is 30.2 Å². The molecule has 2 heterocycles. The van der Waals surface area contributed by atoms with E-state index >= 15 is 0 Å². The second-order valence-electron chi connectivity index (χ2n) is 6.39. The minimum Gasteiger partial charge on any atom is -0.479 e. The Kier molecular flexibility index (Phi) is 5.04. The van der Waals surface area contributed by atoms with Gasteiger partial charge in [0.25, 0.3) is 0 Å². The summed E-state index contributed by atoms with van der Waals surface area (Å²) in [7, 11) is 3.25. The van der Waals surface area contributed by atoms with Gasteiger partial charge in [0.1, 0.15) is 5.75 Å². The number of ether oxygens (including phenoxy) is 3. The lowest BCUT2D eigenvalue weighted by Crippen LogP contribution is -2.43. The van der Waals surface area contributed by atoms with Gasteiger partial charge in [-0.2, -0.15) is 0 Å². The molecule has 0 aliphatic carbocycles. The summed E-state index contributed by atoms with van der Waals surface area (Å²) in [4.78, 5) is 26.2. The monoisotopic (exact) mass is 333 g/mol. The van der Waals surface area contributed by atoms with Crippen LogP contribution in [0.15, 0.2) is 18.2 Å². The Morgan fingerprint density at radius 2 is 2.04 bits per heavy atom. The summed E-state index contributed by atoms with van der Waals surface area (Å²) >= 11 is 0. The van der Waals surface area contributed by atoms with Gasteiger partial charge in [0.15, 0.2) is 11.9 Å². The molecule has 2 aliphatic heterocycles. The predicted octanol–water partition coefficient (Wildman–Crippen LogP) is 2.06. The van der Waals surface area contributed by atoms with Gasteiger partial charge < -0.3 is 19.1 Å². The molecule has 6 nitrogen and oxygen atoms in total. The minimum atomic E-state index is -0.464. The van der Waals surface area contributed by atoms with Gasteiger partial charge in [-0.1, -0.05) is 0 Å². The molecule has 1 fully saturated rings. The van der Waals surface area contributed by atoms with E-state index in [-0.39, 0.29) is 11.8 Å². The van der Waals surface area contributed by atoms with Gasteiger partial charge in [-0.15, -0.1) is 0 Å². The molecule has 24 heavy (non-hydrogen) atoms. The second kappa shape index (κ2) is 7.21. The van der Waals surface area contributed by atoms with Crippen LogP contribution in [0.4, 0.5) is 5.69 Å². The Balaban J connectivity index is 1.69. The van der Waals surface area contributed by atoms with Crippen LogP contribution in [-0.4, -0.2) is 51.8 Å². The van der Waals surface area contributed by atoms with Crippen LogP contribution >= 0.6 is 0 Å². The molecule has 2 aliphatic rings. The highest BCUT2D eigenvalue weighted by molar-refractivity contribution is 5.92. The first-order valence-corrected chi connectivity index (χ1v) is 8.29. The van der Waals surface area contributed by atoms with E-state index in [1.54, 1.807) is 18.2 Å². The number of esters is 1. The lowest BCUT2D eigenvalue weighted by molar-refractivity contribution is -0.127.